The van der Waals surface area contributed by atoms with Gasteiger partial charge in [0.2, 0.25) is 0 Å². The van der Waals surface area contributed by atoms with Gasteiger partial charge in [-0.3, -0.25) is 9.58 Å². The molecule has 2 fully saturated rings. The highest BCUT2D eigenvalue weighted by molar-refractivity contribution is 5.72. The molecule has 1 aliphatic heterocycles. The van der Waals surface area contributed by atoms with Gasteiger partial charge in [-0.15, -0.1) is 0 Å². The fourth-order valence-electron chi connectivity index (χ4n) is 6.48. The standard InChI is InChI=1S/C33H39F6N5O2/c1-5-43(28-9-7-6-8-10-28)30-24(11-23(15-40-30)25-16-41-42(18-25)17-20(2)3)19-44-21(4)29(46-31(44)45)22-12-26(32(34,35)36)14-27(13-22)33(37,38)39/h11-16,18,20-21,28-29H,5-10,17,19H2,1-4H3. The number of rotatable bonds is 9. The molecule has 3 heterocycles. The van der Waals surface area contributed by atoms with E-state index in [4.69, 9.17) is 9.72 Å². The molecule has 0 bridgehead atoms. The van der Waals surface area contributed by atoms with Gasteiger partial charge in [-0.25, -0.2) is 9.78 Å². The predicted molar refractivity (Wildman–Crippen MR) is 161 cm³/mol. The minimum Gasteiger partial charge on any atom is -0.439 e. The molecule has 0 N–H and O–H groups in total. The lowest BCUT2D eigenvalue weighted by molar-refractivity contribution is -0.143. The summed E-state index contributed by atoms with van der Waals surface area (Å²) in [6, 6.07) is 2.64. The first-order chi connectivity index (χ1) is 21.7. The maximum atomic E-state index is 13.6. The van der Waals surface area contributed by atoms with Crippen LogP contribution < -0.4 is 4.90 Å². The van der Waals surface area contributed by atoms with E-state index in [0.717, 1.165) is 49.8 Å². The zero-order valence-electron chi connectivity index (χ0n) is 26.3. The largest absolute Gasteiger partial charge is 0.439 e. The van der Waals surface area contributed by atoms with Gasteiger partial charge in [-0.2, -0.15) is 31.4 Å². The Kier molecular flexibility index (Phi) is 9.60. The molecule has 46 heavy (non-hydrogen) atoms. The molecule has 1 aromatic carbocycles. The van der Waals surface area contributed by atoms with Gasteiger partial charge < -0.3 is 9.64 Å². The van der Waals surface area contributed by atoms with Gasteiger partial charge in [-0.1, -0.05) is 33.1 Å². The molecule has 0 radical (unpaired) electrons. The fraction of sp³-hybridized carbons (Fsp3) is 0.545. The van der Waals surface area contributed by atoms with Crippen LogP contribution in [-0.4, -0.2) is 44.4 Å². The highest BCUT2D eigenvalue weighted by Gasteiger charge is 2.43. The van der Waals surface area contributed by atoms with Gasteiger partial charge in [0.15, 0.2) is 0 Å². The highest BCUT2D eigenvalue weighted by atomic mass is 19.4. The summed E-state index contributed by atoms with van der Waals surface area (Å²) in [5, 5.41) is 4.46. The molecular formula is C33H39F6N5O2. The maximum Gasteiger partial charge on any atom is 0.416 e. The van der Waals surface area contributed by atoms with Crippen LogP contribution in [0.1, 0.15) is 88.2 Å². The van der Waals surface area contributed by atoms with E-state index in [1.807, 2.05) is 23.9 Å². The number of alkyl halides is 6. The number of cyclic esters (lactones) is 1. The number of hydrogen-bond donors (Lipinski definition) is 0. The first kappa shape index (κ1) is 33.6. The SMILES string of the molecule is CCN(c1ncc(-c2cnn(CC(C)C)c2)cc1CN1C(=O)OC(c2cc(C(F)(F)F)cc(C(F)(F)F)c2)C1C)C1CCCCC1. The van der Waals surface area contributed by atoms with E-state index >= 15 is 0 Å². The summed E-state index contributed by atoms with van der Waals surface area (Å²) in [4.78, 5) is 21.7. The minimum atomic E-state index is -5.02. The van der Waals surface area contributed by atoms with Gasteiger partial charge >= 0.3 is 18.4 Å². The molecule has 5 rings (SSSR count). The molecular weight excluding hydrogens is 612 g/mol. The Morgan fingerprint density at radius 2 is 1.61 bits per heavy atom. The molecule has 13 heteroatoms. The monoisotopic (exact) mass is 651 g/mol. The Morgan fingerprint density at radius 3 is 2.20 bits per heavy atom. The van der Waals surface area contributed by atoms with Gasteiger partial charge in [0.25, 0.3) is 0 Å². The normalized spacial score (nSPS) is 19.6. The molecule has 1 aliphatic carbocycles. The predicted octanol–water partition coefficient (Wildman–Crippen LogP) is 8.88. The van der Waals surface area contributed by atoms with Crippen molar-refractivity contribution < 1.29 is 35.9 Å². The van der Waals surface area contributed by atoms with Gasteiger partial charge in [0, 0.05) is 48.2 Å². The number of aromatic nitrogens is 3. The second kappa shape index (κ2) is 13.2. The number of hydrogen-bond acceptors (Lipinski definition) is 5. The van der Waals surface area contributed by atoms with Crippen LogP contribution in [0.2, 0.25) is 0 Å². The number of halogens is 6. The number of carbonyl (C=O) groups is 1. The second-order valence-electron chi connectivity index (χ2n) is 12.6. The Labute approximate surface area is 264 Å². The van der Waals surface area contributed by atoms with Crippen molar-refractivity contribution in [2.24, 2.45) is 5.92 Å². The van der Waals surface area contributed by atoms with Crippen molar-refractivity contribution >= 4 is 11.9 Å². The molecule has 250 valence electrons. The maximum absolute atomic E-state index is 13.6. The number of ether oxygens (including phenoxy) is 1. The molecule has 3 aromatic rings. The smallest absolute Gasteiger partial charge is 0.416 e. The van der Waals surface area contributed by atoms with Crippen molar-refractivity contribution in [3.05, 3.63) is 65.1 Å². The van der Waals surface area contributed by atoms with Crippen molar-refractivity contribution in [1.29, 1.82) is 0 Å². The van der Waals surface area contributed by atoms with E-state index in [1.54, 1.807) is 19.3 Å². The number of amides is 1. The van der Waals surface area contributed by atoms with Gasteiger partial charge in [-0.05, 0) is 62.4 Å². The van der Waals surface area contributed by atoms with Crippen molar-refractivity contribution in [2.75, 3.05) is 11.4 Å². The third-order valence-electron chi connectivity index (χ3n) is 8.76. The molecule has 1 saturated heterocycles. The van der Waals surface area contributed by atoms with Crippen LogP contribution in [-0.2, 0) is 30.2 Å². The van der Waals surface area contributed by atoms with Gasteiger partial charge in [0.1, 0.15) is 11.9 Å². The molecule has 2 aliphatic rings. The topological polar surface area (TPSA) is 63.5 Å². The first-order valence-corrected chi connectivity index (χ1v) is 15.7. The minimum absolute atomic E-state index is 0.00111. The highest BCUT2D eigenvalue weighted by Crippen LogP contribution is 2.42. The molecule has 2 aromatic heterocycles. The van der Waals surface area contributed by atoms with Crippen LogP contribution in [0.5, 0.6) is 0 Å². The van der Waals surface area contributed by atoms with E-state index < -0.39 is 41.7 Å². The van der Waals surface area contributed by atoms with Crippen LogP contribution in [0, 0.1) is 5.92 Å². The molecule has 1 saturated carbocycles. The average Bonchev–Trinajstić information content (AvgIpc) is 3.57. The lowest BCUT2D eigenvalue weighted by Gasteiger charge is -2.36. The van der Waals surface area contributed by atoms with E-state index in [0.29, 0.717) is 36.0 Å². The molecule has 1 amide bonds. The summed E-state index contributed by atoms with van der Waals surface area (Å²) in [6.07, 6.45) is -1.41. The van der Waals surface area contributed by atoms with Crippen LogP contribution in [0.15, 0.2) is 42.9 Å². The van der Waals surface area contributed by atoms with E-state index in [1.165, 1.54) is 4.90 Å². The van der Waals surface area contributed by atoms with Crippen molar-refractivity contribution in [3.8, 4) is 11.1 Å². The quantitative estimate of drug-likeness (QED) is 0.216. The molecule has 2 atom stereocenters. The average molecular weight is 652 g/mol. The molecule has 0 spiro atoms. The van der Waals surface area contributed by atoms with Crippen LogP contribution in [0.25, 0.3) is 11.1 Å². The summed E-state index contributed by atoms with van der Waals surface area (Å²) in [5.41, 5.74) is -0.971. The lowest BCUT2D eigenvalue weighted by atomic mass is 9.93. The number of benzene rings is 1. The summed E-state index contributed by atoms with van der Waals surface area (Å²) in [6.45, 7) is 9.19. The Bertz CT molecular complexity index is 1500. The molecule has 2 unspecified atom stereocenters. The van der Waals surface area contributed by atoms with Gasteiger partial charge in [0.05, 0.1) is 29.9 Å². The lowest BCUT2D eigenvalue weighted by Crippen LogP contribution is -2.39. The summed E-state index contributed by atoms with van der Waals surface area (Å²) in [5.74, 6) is 1.08. The summed E-state index contributed by atoms with van der Waals surface area (Å²) in [7, 11) is 0. The Hall–Kier alpha value is -3.77. The fourth-order valence-corrected chi connectivity index (χ4v) is 6.48. The molecule has 7 nitrogen and oxygen atoms in total. The second-order valence-corrected chi connectivity index (χ2v) is 12.6. The van der Waals surface area contributed by atoms with E-state index in [9.17, 15) is 31.1 Å². The number of pyridine rings is 1. The number of carbonyl (C=O) groups excluding carboxylic acids is 1. The van der Waals surface area contributed by atoms with Crippen LogP contribution in [0.3, 0.4) is 0 Å². The van der Waals surface area contributed by atoms with Crippen LogP contribution >= 0.6 is 0 Å². The first-order valence-electron chi connectivity index (χ1n) is 15.7. The zero-order valence-corrected chi connectivity index (χ0v) is 26.3. The third kappa shape index (κ3) is 7.28. The third-order valence-corrected chi connectivity index (χ3v) is 8.76. The summed E-state index contributed by atoms with van der Waals surface area (Å²) >= 11 is 0. The van der Waals surface area contributed by atoms with Crippen molar-refractivity contribution in [1.82, 2.24) is 19.7 Å². The summed E-state index contributed by atoms with van der Waals surface area (Å²) < 4.78 is 89.0. The van der Waals surface area contributed by atoms with E-state index in [-0.39, 0.29) is 24.2 Å². The Morgan fingerprint density at radius 1 is 0.957 bits per heavy atom. The van der Waals surface area contributed by atoms with E-state index in [2.05, 4.69) is 23.8 Å². The Balaban J connectivity index is 1.51. The van der Waals surface area contributed by atoms with Crippen molar-refractivity contribution in [2.45, 2.75) is 103 Å². The van der Waals surface area contributed by atoms with Crippen molar-refractivity contribution in [3.63, 3.8) is 0 Å². The zero-order chi connectivity index (χ0) is 33.4. The number of anilines is 1. The number of nitrogens with zero attached hydrogens (tertiary/aromatic N) is 5. The van der Waals surface area contributed by atoms with Crippen LogP contribution in [0.4, 0.5) is 37.0 Å².